The number of nitrogens with two attached hydrogens (primary N) is 1. The minimum absolute atomic E-state index is 0.0420. The number of benzene rings is 1. The molecule has 0 fully saturated rings. The Kier molecular flexibility index (Phi) is 2.49. The van der Waals surface area contributed by atoms with Crippen LogP contribution in [0, 0.1) is 4.91 Å². The lowest BCUT2D eigenvalue weighted by molar-refractivity contribution is 0.100. The molecule has 1 aromatic carbocycles. The highest BCUT2D eigenvalue weighted by Crippen LogP contribution is 2.22. The van der Waals surface area contributed by atoms with E-state index in [4.69, 9.17) is 5.73 Å². The Balaban J connectivity index is 3.43. The van der Waals surface area contributed by atoms with E-state index in [1.54, 1.807) is 0 Å². The molecule has 0 saturated heterocycles. The summed E-state index contributed by atoms with van der Waals surface area (Å²) in [7, 11) is 0. The summed E-state index contributed by atoms with van der Waals surface area (Å²) in [4.78, 5) is 31.5. The molecule has 0 aromatic heterocycles. The van der Waals surface area contributed by atoms with Crippen molar-refractivity contribution in [3.63, 3.8) is 0 Å². The Bertz CT molecular complexity index is 374. The minimum Gasteiger partial charge on any atom is -0.366 e. The topological polar surface area (TPSA) is 89.6 Å². The molecule has 2 N–H and O–H groups in total. The van der Waals surface area contributed by atoms with Gasteiger partial charge in [0, 0.05) is 5.56 Å². The van der Waals surface area contributed by atoms with Crippen molar-refractivity contribution in [2.75, 3.05) is 0 Å². The van der Waals surface area contributed by atoms with E-state index < -0.39 is 5.91 Å². The van der Waals surface area contributed by atoms with Crippen molar-refractivity contribution >= 4 is 17.9 Å². The van der Waals surface area contributed by atoms with Crippen LogP contribution < -0.4 is 5.73 Å². The van der Waals surface area contributed by atoms with E-state index in [0.29, 0.717) is 6.29 Å². The van der Waals surface area contributed by atoms with Gasteiger partial charge < -0.3 is 5.73 Å². The molecule has 0 radical (unpaired) electrons. The first-order valence-corrected chi connectivity index (χ1v) is 3.42. The zero-order valence-electron chi connectivity index (χ0n) is 6.56. The first-order valence-electron chi connectivity index (χ1n) is 3.42. The summed E-state index contributed by atoms with van der Waals surface area (Å²) in [5.41, 5.74) is 4.78. The second-order valence-corrected chi connectivity index (χ2v) is 2.32. The average molecular weight is 178 g/mol. The summed E-state index contributed by atoms with van der Waals surface area (Å²) in [6.07, 6.45) is 0.448. The molecular weight excluding hydrogens is 172 g/mol. The summed E-state index contributed by atoms with van der Waals surface area (Å²) in [6.45, 7) is 0. The quantitative estimate of drug-likeness (QED) is 0.552. The number of carbonyl (C=O) groups excluding carboxylic acids is 2. The normalized spacial score (nSPS) is 9.23. The molecule has 0 bridgehead atoms. The molecule has 5 heteroatoms. The Hall–Kier alpha value is -2.04. The molecule has 1 amide bonds. The number of rotatable bonds is 3. The molecule has 66 valence electrons. The van der Waals surface area contributed by atoms with Crippen LogP contribution in [0.5, 0.6) is 0 Å². The van der Waals surface area contributed by atoms with Gasteiger partial charge in [0.15, 0.2) is 6.29 Å². The fraction of sp³-hybridized carbons (Fsp3) is 0. The van der Waals surface area contributed by atoms with Crippen molar-refractivity contribution in [1.82, 2.24) is 0 Å². The summed E-state index contributed by atoms with van der Waals surface area (Å²) in [6, 6.07) is 4.18. The molecule has 0 aliphatic heterocycles. The van der Waals surface area contributed by atoms with Gasteiger partial charge in [0.25, 0.3) is 5.91 Å². The maximum absolute atomic E-state index is 10.8. The van der Waals surface area contributed by atoms with Crippen LogP contribution in [0.3, 0.4) is 0 Å². The Morgan fingerprint density at radius 1 is 1.46 bits per heavy atom. The smallest absolute Gasteiger partial charge is 0.251 e. The SMILES string of the molecule is NC(=O)c1cccc(C=O)c1N=O. The van der Waals surface area contributed by atoms with Gasteiger partial charge in [-0.2, -0.15) is 0 Å². The van der Waals surface area contributed by atoms with Crippen LogP contribution in [0.4, 0.5) is 5.69 Å². The van der Waals surface area contributed by atoms with E-state index in [1.165, 1.54) is 18.2 Å². The fourth-order valence-corrected chi connectivity index (χ4v) is 0.957. The van der Waals surface area contributed by atoms with Gasteiger partial charge in [-0.1, -0.05) is 6.07 Å². The molecule has 0 unspecified atom stereocenters. The third-order valence-corrected chi connectivity index (χ3v) is 1.55. The molecule has 0 aliphatic carbocycles. The first kappa shape index (κ1) is 9.05. The molecule has 0 atom stereocenters. The summed E-state index contributed by atoms with van der Waals surface area (Å²) in [5.74, 6) is -0.779. The zero-order valence-corrected chi connectivity index (χ0v) is 6.56. The lowest BCUT2D eigenvalue weighted by Gasteiger charge is -1.99. The molecule has 0 aliphatic rings. The van der Waals surface area contributed by atoms with Crippen LogP contribution in [0.1, 0.15) is 20.7 Å². The molecule has 0 heterocycles. The van der Waals surface area contributed by atoms with E-state index in [2.05, 4.69) is 5.18 Å². The van der Waals surface area contributed by atoms with Crippen molar-refractivity contribution in [2.24, 2.45) is 10.9 Å². The maximum atomic E-state index is 10.8. The van der Waals surface area contributed by atoms with Crippen molar-refractivity contribution in [1.29, 1.82) is 0 Å². The Morgan fingerprint density at radius 2 is 2.15 bits per heavy atom. The summed E-state index contributed by atoms with van der Waals surface area (Å²) < 4.78 is 0. The molecular formula is C8H6N2O3. The lowest BCUT2D eigenvalue weighted by atomic mass is 10.1. The van der Waals surface area contributed by atoms with E-state index in [1.807, 2.05) is 0 Å². The lowest BCUT2D eigenvalue weighted by Crippen LogP contribution is -2.11. The Labute approximate surface area is 73.5 Å². The molecule has 0 saturated carbocycles. The minimum atomic E-state index is -0.779. The predicted molar refractivity (Wildman–Crippen MR) is 45.8 cm³/mol. The zero-order chi connectivity index (χ0) is 9.84. The van der Waals surface area contributed by atoms with Crippen molar-refractivity contribution in [3.05, 3.63) is 34.2 Å². The van der Waals surface area contributed by atoms with E-state index in [-0.39, 0.29) is 16.8 Å². The molecule has 13 heavy (non-hydrogen) atoms. The molecule has 1 rings (SSSR count). The third-order valence-electron chi connectivity index (χ3n) is 1.55. The average Bonchev–Trinajstić information content (AvgIpc) is 2.16. The number of aldehydes is 1. The predicted octanol–water partition coefficient (Wildman–Crippen LogP) is 0.996. The van der Waals surface area contributed by atoms with Gasteiger partial charge in [-0.15, -0.1) is 4.91 Å². The van der Waals surface area contributed by atoms with Gasteiger partial charge in [0.05, 0.1) is 5.56 Å². The van der Waals surface area contributed by atoms with Crippen LogP contribution in [0.2, 0.25) is 0 Å². The van der Waals surface area contributed by atoms with Gasteiger partial charge in [-0.05, 0) is 17.3 Å². The number of primary amides is 1. The van der Waals surface area contributed by atoms with Crippen LogP contribution in [-0.4, -0.2) is 12.2 Å². The van der Waals surface area contributed by atoms with Crippen LogP contribution in [0.25, 0.3) is 0 Å². The van der Waals surface area contributed by atoms with Crippen LogP contribution in [-0.2, 0) is 0 Å². The van der Waals surface area contributed by atoms with Gasteiger partial charge in [-0.25, -0.2) is 0 Å². The second kappa shape index (κ2) is 3.57. The third kappa shape index (κ3) is 1.58. The molecule has 5 nitrogen and oxygen atoms in total. The van der Waals surface area contributed by atoms with E-state index >= 15 is 0 Å². The fourth-order valence-electron chi connectivity index (χ4n) is 0.957. The number of amides is 1. The number of nitrogens with zero attached hydrogens (tertiary/aromatic N) is 1. The van der Waals surface area contributed by atoms with Gasteiger partial charge >= 0.3 is 0 Å². The highest BCUT2D eigenvalue weighted by molar-refractivity contribution is 6.01. The number of carbonyl (C=O) groups is 2. The van der Waals surface area contributed by atoms with Gasteiger partial charge in [0.1, 0.15) is 5.69 Å². The largest absolute Gasteiger partial charge is 0.366 e. The molecule has 1 aromatic rings. The van der Waals surface area contributed by atoms with Crippen LogP contribution in [0.15, 0.2) is 23.4 Å². The first-order chi connectivity index (χ1) is 6.20. The standard InChI is InChI=1S/C8H6N2O3/c9-8(12)6-3-1-2-5(4-11)7(6)10-13/h1-4H,(H2,9,12). The number of nitroso groups, excluding NO2 is 1. The summed E-state index contributed by atoms with van der Waals surface area (Å²) >= 11 is 0. The number of hydrogen-bond acceptors (Lipinski definition) is 4. The molecule has 0 spiro atoms. The Morgan fingerprint density at radius 3 is 2.62 bits per heavy atom. The van der Waals surface area contributed by atoms with Crippen LogP contribution >= 0.6 is 0 Å². The van der Waals surface area contributed by atoms with Crippen molar-refractivity contribution in [3.8, 4) is 0 Å². The number of hydrogen-bond donors (Lipinski definition) is 1. The van der Waals surface area contributed by atoms with Crippen molar-refractivity contribution < 1.29 is 9.59 Å². The van der Waals surface area contributed by atoms with Crippen molar-refractivity contribution in [2.45, 2.75) is 0 Å². The van der Waals surface area contributed by atoms with Gasteiger partial charge in [-0.3, -0.25) is 9.59 Å². The maximum Gasteiger partial charge on any atom is 0.251 e. The highest BCUT2D eigenvalue weighted by Gasteiger charge is 2.12. The van der Waals surface area contributed by atoms with Gasteiger partial charge in [0.2, 0.25) is 0 Å². The van der Waals surface area contributed by atoms with E-state index in [9.17, 15) is 14.5 Å². The van der Waals surface area contributed by atoms with E-state index in [0.717, 1.165) is 0 Å². The highest BCUT2D eigenvalue weighted by atomic mass is 16.3. The second-order valence-electron chi connectivity index (χ2n) is 2.32. The monoisotopic (exact) mass is 178 g/mol. The summed E-state index contributed by atoms with van der Waals surface area (Å²) in [5, 5.41) is 2.58.